The zero-order valence-corrected chi connectivity index (χ0v) is 12.1. The van der Waals surface area contributed by atoms with Gasteiger partial charge in [-0.1, -0.05) is 29.3 Å². The molecule has 0 fully saturated rings. The summed E-state index contributed by atoms with van der Waals surface area (Å²) in [5.41, 5.74) is 0.978. The van der Waals surface area contributed by atoms with Crippen molar-refractivity contribution < 1.29 is 9.72 Å². The van der Waals surface area contributed by atoms with E-state index in [9.17, 15) is 14.9 Å². The van der Waals surface area contributed by atoms with Gasteiger partial charge in [-0.25, -0.2) is 0 Å². The Bertz CT molecular complexity index is 724. The van der Waals surface area contributed by atoms with Gasteiger partial charge in [0.05, 0.1) is 9.95 Å². The minimum atomic E-state index is -0.482. The minimum absolute atomic E-state index is 0.00337. The van der Waals surface area contributed by atoms with Crippen molar-refractivity contribution in [3.8, 4) is 0 Å². The number of nitrogens with zero attached hydrogens (tertiary/aromatic N) is 1. The quantitative estimate of drug-likeness (QED) is 0.352. The third kappa shape index (κ3) is 3.90. The number of halogens is 2. The Balaban J connectivity index is 2.18. The predicted molar refractivity (Wildman–Crippen MR) is 82.9 cm³/mol. The van der Waals surface area contributed by atoms with Crippen LogP contribution in [0.15, 0.2) is 48.5 Å². The first-order valence-corrected chi connectivity index (χ1v) is 6.65. The van der Waals surface area contributed by atoms with Gasteiger partial charge >= 0.3 is 0 Å². The second-order valence-electron chi connectivity index (χ2n) is 4.17. The van der Waals surface area contributed by atoms with E-state index in [1.165, 1.54) is 24.3 Å². The topological polar surface area (TPSA) is 60.2 Å². The van der Waals surface area contributed by atoms with E-state index in [1.807, 2.05) is 0 Å². The van der Waals surface area contributed by atoms with Gasteiger partial charge in [0.2, 0.25) is 0 Å². The Hall–Kier alpha value is -2.17. The summed E-state index contributed by atoms with van der Waals surface area (Å²) in [5.74, 6) is -0.291. The first kappa shape index (κ1) is 15.2. The van der Waals surface area contributed by atoms with E-state index in [1.54, 1.807) is 30.3 Å². The van der Waals surface area contributed by atoms with Gasteiger partial charge in [0.1, 0.15) is 0 Å². The maximum absolute atomic E-state index is 12.0. The van der Waals surface area contributed by atoms with Crippen molar-refractivity contribution >= 4 is 40.7 Å². The summed E-state index contributed by atoms with van der Waals surface area (Å²) in [6.07, 6.45) is 2.90. The van der Waals surface area contributed by atoms with Crippen LogP contribution >= 0.6 is 23.2 Å². The molecule has 0 N–H and O–H groups in total. The summed E-state index contributed by atoms with van der Waals surface area (Å²) >= 11 is 11.8. The van der Waals surface area contributed by atoms with Gasteiger partial charge in [0.15, 0.2) is 5.78 Å². The van der Waals surface area contributed by atoms with Crippen molar-refractivity contribution in [2.45, 2.75) is 0 Å². The van der Waals surface area contributed by atoms with Crippen molar-refractivity contribution in [2.75, 3.05) is 0 Å². The molecule has 0 aromatic heterocycles. The Morgan fingerprint density at radius 2 is 1.76 bits per heavy atom. The van der Waals surface area contributed by atoms with Crippen LogP contribution in [0, 0.1) is 10.1 Å². The number of rotatable bonds is 4. The van der Waals surface area contributed by atoms with Gasteiger partial charge in [-0.3, -0.25) is 14.9 Å². The van der Waals surface area contributed by atoms with Gasteiger partial charge in [0, 0.05) is 22.7 Å². The molecule has 0 radical (unpaired) electrons. The molecule has 2 rings (SSSR count). The monoisotopic (exact) mass is 321 g/mol. The number of hydrogen-bond acceptors (Lipinski definition) is 3. The standard InChI is InChI=1S/C15H9Cl2NO3/c16-11-4-7-14(17)13(9-11)15(19)8-3-10-1-5-12(6-2-10)18(20)21/h1-9H/b8-3+. The summed E-state index contributed by atoms with van der Waals surface area (Å²) in [4.78, 5) is 22.1. The molecule has 0 saturated carbocycles. The van der Waals surface area contributed by atoms with Crippen molar-refractivity contribution in [1.82, 2.24) is 0 Å². The Morgan fingerprint density at radius 1 is 1.10 bits per heavy atom. The number of nitro groups is 1. The molecule has 0 aliphatic carbocycles. The fourth-order valence-corrected chi connectivity index (χ4v) is 2.04. The SMILES string of the molecule is O=C(/C=C/c1ccc([N+](=O)[O-])cc1)c1cc(Cl)ccc1Cl. The van der Waals surface area contributed by atoms with Crippen LogP contribution in [0.4, 0.5) is 5.69 Å². The molecular weight excluding hydrogens is 313 g/mol. The fraction of sp³-hybridized carbons (Fsp3) is 0. The van der Waals surface area contributed by atoms with E-state index in [0.29, 0.717) is 21.2 Å². The van der Waals surface area contributed by atoms with Crippen LogP contribution in [0.25, 0.3) is 6.08 Å². The Labute approximate surface area is 130 Å². The predicted octanol–water partition coefficient (Wildman–Crippen LogP) is 4.80. The number of hydrogen-bond donors (Lipinski definition) is 0. The largest absolute Gasteiger partial charge is 0.289 e. The van der Waals surface area contributed by atoms with Crippen molar-refractivity contribution in [1.29, 1.82) is 0 Å². The number of non-ortho nitro benzene ring substituents is 1. The third-order valence-electron chi connectivity index (χ3n) is 2.72. The minimum Gasteiger partial charge on any atom is -0.289 e. The van der Waals surface area contributed by atoms with Crippen LogP contribution in [0.2, 0.25) is 10.0 Å². The number of carbonyl (C=O) groups is 1. The van der Waals surface area contributed by atoms with Crippen molar-refractivity contribution in [2.24, 2.45) is 0 Å². The van der Waals surface area contributed by atoms with Crippen molar-refractivity contribution in [3.63, 3.8) is 0 Å². The molecule has 2 aromatic rings. The van der Waals surface area contributed by atoms with E-state index >= 15 is 0 Å². The van der Waals surface area contributed by atoms with Crippen LogP contribution in [0.3, 0.4) is 0 Å². The Kier molecular flexibility index (Phi) is 4.73. The summed E-state index contributed by atoms with van der Waals surface area (Å²) in [6.45, 7) is 0. The lowest BCUT2D eigenvalue weighted by atomic mass is 10.1. The summed E-state index contributed by atoms with van der Waals surface area (Å²) < 4.78 is 0. The van der Waals surface area contributed by atoms with E-state index in [4.69, 9.17) is 23.2 Å². The summed E-state index contributed by atoms with van der Waals surface area (Å²) in [6, 6.07) is 10.5. The molecule has 21 heavy (non-hydrogen) atoms. The van der Waals surface area contributed by atoms with E-state index in [-0.39, 0.29) is 11.5 Å². The first-order valence-electron chi connectivity index (χ1n) is 5.89. The Morgan fingerprint density at radius 3 is 2.38 bits per heavy atom. The average Bonchev–Trinajstić information content (AvgIpc) is 2.47. The number of ketones is 1. The second-order valence-corrected chi connectivity index (χ2v) is 5.01. The third-order valence-corrected chi connectivity index (χ3v) is 3.29. The van der Waals surface area contributed by atoms with Gasteiger partial charge in [0.25, 0.3) is 5.69 Å². The highest BCUT2D eigenvalue weighted by molar-refractivity contribution is 6.36. The molecule has 4 nitrogen and oxygen atoms in total. The average molecular weight is 322 g/mol. The number of allylic oxidation sites excluding steroid dienone is 1. The molecule has 106 valence electrons. The smallest absolute Gasteiger partial charge is 0.269 e. The van der Waals surface area contributed by atoms with Crippen LogP contribution in [-0.2, 0) is 0 Å². The van der Waals surface area contributed by atoms with Gasteiger partial charge < -0.3 is 0 Å². The van der Waals surface area contributed by atoms with Gasteiger partial charge in [-0.05, 0) is 42.0 Å². The van der Waals surface area contributed by atoms with Crippen LogP contribution in [0.1, 0.15) is 15.9 Å². The van der Waals surface area contributed by atoms with Crippen molar-refractivity contribution in [3.05, 3.63) is 79.8 Å². The lowest BCUT2D eigenvalue weighted by Gasteiger charge is -2.00. The molecule has 0 heterocycles. The molecular formula is C15H9Cl2NO3. The normalized spacial score (nSPS) is 10.8. The molecule has 2 aromatic carbocycles. The maximum atomic E-state index is 12.0. The second kappa shape index (κ2) is 6.52. The molecule has 0 atom stereocenters. The fourth-order valence-electron chi connectivity index (χ4n) is 1.66. The molecule has 0 bridgehead atoms. The lowest BCUT2D eigenvalue weighted by molar-refractivity contribution is -0.384. The van der Waals surface area contributed by atoms with Gasteiger partial charge in [-0.2, -0.15) is 0 Å². The molecule has 0 unspecified atom stereocenters. The summed E-state index contributed by atoms with van der Waals surface area (Å²) in [5, 5.41) is 11.3. The van der Waals surface area contributed by atoms with E-state index < -0.39 is 4.92 Å². The number of carbonyl (C=O) groups excluding carboxylic acids is 1. The molecule has 0 spiro atoms. The van der Waals surface area contributed by atoms with Crippen LogP contribution in [0.5, 0.6) is 0 Å². The van der Waals surface area contributed by atoms with Crippen LogP contribution in [-0.4, -0.2) is 10.7 Å². The highest BCUT2D eigenvalue weighted by atomic mass is 35.5. The van der Waals surface area contributed by atoms with E-state index in [0.717, 1.165) is 0 Å². The highest BCUT2D eigenvalue weighted by Crippen LogP contribution is 2.22. The first-order chi connectivity index (χ1) is 9.97. The molecule has 0 amide bonds. The summed E-state index contributed by atoms with van der Waals surface area (Å²) in [7, 11) is 0. The van der Waals surface area contributed by atoms with Gasteiger partial charge in [-0.15, -0.1) is 0 Å². The van der Waals surface area contributed by atoms with E-state index in [2.05, 4.69) is 0 Å². The molecule has 6 heteroatoms. The highest BCUT2D eigenvalue weighted by Gasteiger charge is 2.08. The molecule has 0 aliphatic heterocycles. The molecule has 0 aliphatic rings. The number of benzene rings is 2. The maximum Gasteiger partial charge on any atom is 0.269 e. The molecule has 0 saturated heterocycles. The van der Waals surface area contributed by atoms with Crippen LogP contribution < -0.4 is 0 Å². The zero-order valence-electron chi connectivity index (χ0n) is 10.6. The lowest BCUT2D eigenvalue weighted by Crippen LogP contribution is -1.95. The zero-order chi connectivity index (χ0) is 15.4. The number of nitro benzene ring substituents is 1.